The number of aryl methyl sites for hydroxylation is 1. The van der Waals surface area contributed by atoms with Gasteiger partial charge >= 0.3 is 18.1 Å². The van der Waals surface area contributed by atoms with Crippen LogP contribution in [-0.4, -0.2) is 74.0 Å². The lowest BCUT2D eigenvalue weighted by Gasteiger charge is -2.18. The third-order valence-corrected chi connectivity index (χ3v) is 6.13. The van der Waals surface area contributed by atoms with E-state index < -0.39 is 59.0 Å². The summed E-state index contributed by atoms with van der Waals surface area (Å²) in [5.41, 5.74) is 3.82. The van der Waals surface area contributed by atoms with Gasteiger partial charge in [0, 0.05) is 12.1 Å². The van der Waals surface area contributed by atoms with Gasteiger partial charge in [-0.15, -0.1) is 0 Å². The molecule has 0 heterocycles. The Bertz CT molecular complexity index is 1350. The van der Waals surface area contributed by atoms with Gasteiger partial charge in [-0.2, -0.15) is 13.2 Å². The molecule has 41 heavy (non-hydrogen) atoms. The summed E-state index contributed by atoms with van der Waals surface area (Å²) in [6.45, 7) is 1.01. The van der Waals surface area contributed by atoms with Crippen molar-refractivity contribution in [2.45, 2.75) is 30.5 Å². The average molecular weight is 605 g/mol. The Morgan fingerprint density at radius 3 is 2.22 bits per heavy atom. The van der Waals surface area contributed by atoms with E-state index in [1.165, 1.54) is 30.6 Å². The molecular formula is C23H27F3N6O8S. The minimum atomic E-state index is -5.08. The minimum Gasteiger partial charge on any atom is -0.481 e. The van der Waals surface area contributed by atoms with Gasteiger partial charge in [-0.05, 0) is 37.3 Å². The van der Waals surface area contributed by atoms with Gasteiger partial charge in [0.1, 0.15) is 6.34 Å². The zero-order valence-corrected chi connectivity index (χ0v) is 22.1. The molecule has 2 aromatic rings. The minimum absolute atomic E-state index is 0.0135. The van der Waals surface area contributed by atoms with Crippen molar-refractivity contribution in [2.24, 2.45) is 10.8 Å². The van der Waals surface area contributed by atoms with Gasteiger partial charge in [0.2, 0.25) is 15.9 Å². The van der Waals surface area contributed by atoms with E-state index in [2.05, 4.69) is 25.8 Å². The van der Waals surface area contributed by atoms with Crippen LogP contribution >= 0.6 is 0 Å². The summed E-state index contributed by atoms with van der Waals surface area (Å²) in [6.07, 6.45) is -4.37. The van der Waals surface area contributed by atoms with Gasteiger partial charge in [-0.1, -0.05) is 23.8 Å². The number of sulfonamides is 1. The summed E-state index contributed by atoms with van der Waals surface area (Å²) >= 11 is 0. The quantitative estimate of drug-likeness (QED) is 0.0764. The molecule has 0 saturated carbocycles. The molecule has 0 bridgehead atoms. The van der Waals surface area contributed by atoms with Crippen LogP contribution in [0.4, 0.5) is 18.9 Å². The predicted molar refractivity (Wildman–Crippen MR) is 138 cm³/mol. The number of nitrogens with zero attached hydrogens (tertiary/aromatic N) is 1. The molecule has 0 aliphatic heterocycles. The fourth-order valence-corrected chi connectivity index (χ4v) is 3.86. The fraction of sp³-hybridized carbons (Fsp3) is 0.261. The Morgan fingerprint density at radius 2 is 1.68 bits per heavy atom. The lowest BCUT2D eigenvalue weighted by atomic mass is 10.2. The molecule has 14 nitrogen and oxygen atoms in total. The first-order chi connectivity index (χ1) is 19.0. The zero-order chi connectivity index (χ0) is 31.2. The van der Waals surface area contributed by atoms with Crippen LogP contribution in [0.5, 0.6) is 0 Å². The topological polar surface area (TPSA) is 229 Å². The number of aliphatic carboxylic acids is 2. The smallest absolute Gasteiger partial charge is 0.481 e. The molecule has 0 radical (unpaired) electrons. The number of halogens is 3. The van der Waals surface area contributed by atoms with Crippen LogP contribution in [0.3, 0.4) is 0 Å². The molecule has 8 N–H and O–H groups in total. The lowest BCUT2D eigenvalue weighted by Crippen LogP contribution is -2.47. The third kappa shape index (κ3) is 13.4. The van der Waals surface area contributed by atoms with E-state index >= 15 is 0 Å². The Balaban J connectivity index is 0.00000106. The SMILES string of the molecule is Cc1ccc(S(=O)(=O)NCC(CC(=O)O)NC(=O)CNC(=O)c2cccc(N=CNN)c2)cc1.O=C(O)C(F)(F)F. The highest BCUT2D eigenvalue weighted by molar-refractivity contribution is 7.89. The second kappa shape index (κ2) is 15.9. The van der Waals surface area contributed by atoms with Crippen molar-refractivity contribution in [1.82, 2.24) is 20.8 Å². The molecule has 0 aliphatic carbocycles. The van der Waals surface area contributed by atoms with Crippen molar-refractivity contribution in [3.8, 4) is 0 Å². The Morgan fingerprint density at radius 1 is 1.07 bits per heavy atom. The van der Waals surface area contributed by atoms with E-state index in [4.69, 9.17) is 20.9 Å². The van der Waals surface area contributed by atoms with Crippen LogP contribution in [-0.2, 0) is 24.4 Å². The van der Waals surface area contributed by atoms with Crippen LogP contribution in [0.25, 0.3) is 0 Å². The number of amides is 2. The van der Waals surface area contributed by atoms with E-state index in [-0.39, 0.29) is 17.0 Å². The zero-order valence-electron chi connectivity index (χ0n) is 21.3. The van der Waals surface area contributed by atoms with E-state index in [9.17, 15) is 36.0 Å². The number of alkyl halides is 3. The Hall–Kier alpha value is -4.55. The number of carbonyl (C=O) groups is 4. The molecular weight excluding hydrogens is 577 g/mol. The number of carbonyl (C=O) groups excluding carboxylic acids is 2. The molecule has 0 aromatic heterocycles. The number of nitrogens with one attached hydrogen (secondary N) is 4. The van der Waals surface area contributed by atoms with Crippen molar-refractivity contribution >= 4 is 45.8 Å². The third-order valence-electron chi connectivity index (χ3n) is 4.69. The number of carboxylic acids is 2. The number of nitrogens with two attached hydrogens (primary N) is 1. The highest BCUT2D eigenvalue weighted by Gasteiger charge is 2.38. The average Bonchev–Trinajstić information content (AvgIpc) is 2.89. The van der Waals surface area contributed by atoms with Crippen molar-refractivity contribution in [3.63, 3.8) is 0 Å². The molecule has 0 aliphatic rings. The lowest BCUT2D eigenvalue weighted by molar-refractivity contribution is -0.192. The molecule has 0 fully saturated rings. The highest BCUT2D eigenvalue weighted by atomic mass is 32.2. The van der Waals surface area contributed by atoms with Crippen molar-refractivity contribution in [3.05, 3.63) is 59.7 Å². The van der Waals surface area contributed by atoms with Gasteiger partial charge < -0.3 is 26.3 Å². The van der Waals surface area contributed by atoms with Gasteiger partial charge in [0.05, 0.1) is 29.6 Å². The van der Waals surface area contributed by atoms with Crippen LogP contribution in [0.1, 0.15) is 22.3 Å². The van der Waals surface area contributed by atoms with Gasteiger partial charge in [0.15, 0.2) is 0 Å². The molecule has 1 atom stereocenters. The first-order valence-corrected chi connectivity index (χ1v) is 12.8. The maximum absolute atomic E-state index is 12.4. The Labute approximate surface area is 231 Å². The van der Waals surface area contributed by atoms with Gasteiger partial charge in [-0.25, -0.2) is 28.8 Å². The van der Waals surface area contributed by atoms with Crippen LogP contribution in [0.15, 0.2) is 58.4 Å². The van der Waals surface area contributed by atoms with E-state index in [0.717, 1.165) is 5.56 Å². The first-order valence-electron chi connectivity index (χ1n) is 11.3. The molecule has 1 unspecified atom stereocenters. The van der Waals surface area contributed by atoms with Crippen molar-refractivity contribution in [2.75, 3.05) is 13.1 Å². The summed E-state index contributed by atoms with van der Waals surface area (Å²) in [5, 5.41) is 21.1. The largest absolute Gasteiger partial charge is 0.490 e. The maximum Gasteiger partial charge on any atom is 0.490 e. The Kier molecular flexibility index (Phi) is 13.4. The standard InChI is InChI=1S/C21H26N6O6S.C2HF3O2/c1-14-5-7-18(8-6-14)34(32,33)26-11-17(10-20(29)30)27-19(28)12-23-21(31)15-3-2-4-16(9-15)24-13-25-22;3-2(4,5)1(6)7/h2-9,13,17,26H,10-12,22H2,1H3,(H,23,31)(H,24,25)(H,27,28)(H,29,30);(H,6,7). The van der Waals surface area contributed by atoms with Crippen molar-refractivity contribution < 1.29 is 51.0 Å². The van der Waals surface area contributed by atoms with Crippen molar-refractivity contribution in [1.29, 1.82) is 0 Å². The van der Waals surface area contributed by atoms with Gasteiger partial charge in [-0.3, -0.25) is 14.4 Å². The second-order valence-electron chi connectivity index (χ2n) is 7.99. The molecule has 224 valence electrons. The number of benzene rings is 2. The summed E-state index contributed by atoms with van der Waals surface area (Å²) in [6, 6.07) is 11.3. The molecule has 0 saturated heterocycles. The summed E-state index contributed by atoms with van der Waals surface area (Å²) in [5.74, 6) is -0.115. The molecule has 2 aromatic carbocycles. The number of hydrogen-bond donors (Lipinski definition) is 7. The maximum atomic E-state index is 12.4. The molecule has 2 rings (SSSR count). The molecule has 0 spiro atoms. The molecule has 2 amide bonds. The first kappa shape index (κ1) is 34.5. The summed E-state index contributed by atoms with van der Waals surface area (Å²) < 4.78 is 58.9. The van der Waals surface area contributed by atoms with E-state index in [1.807, 2.05) is 6.92 Å². The normalized spacial score (nSPS) is 12.0. The molecule has 18 heteroatoms. The number of hydrogen-bond acceptors (Lipinski definition) is 8. The number of carboxylic acid groups (broad SMARTS) is 2. The summed E-state index contributed by atoms with van der Waals surface area (Å²) in [7, 11) is -3.90. The summed E-state index contributed by atoms with van der Waals surface area (Å²) in [4.78, 5) is 48.6. The predicted octanol–water partition coefficient (Wildman–Crippen LogP) is 0.419. The van der Waals surface area contributed by atoms with Crippen LogP contribution in [0, 0.1) is 6.92 Å². The van der Waals surface area contributed by atoms with Crippen LogP contribution < -0.4 is 26.6 Å². The number of aliphatic imine (C=N–C) groups is 1. The van der Waals surface area contributed by atoms with Gasteiger partial charge in [0.25, 0.3) is 5.91 Å². The number of rotatable bonds is 12. The van der Waals surface area contributed by atoms with Crippen LogP contribution in [0.2, 0.25) is 0 Å². The van der Waals surface area contributed by atoms with E-state index in [1.54, 1.807) is 24.3 Å². The van der Waals surface area contributed by atoms with E-state index in [0.29, 0.717) is 5.69 Å². The highest BCUT2D eigenvalue weighted by Crippen LogP contribution is 2.14. The second-order valence-corrected chi connectivity index (χ2v) is 9.75. The monoisotopic (exact) mass is 604 g/mol. The fourth-order valence-electron chi connectivity index (χ4n) is 2.78. The number of hydrazine groups is 1.